The van der Waals surface area contributed by atoms with E-state index >= 15 is 0 Å². The number of carbonyl (C=O) groups excluding carboxylic acids is 5. The first-order valence-electron chi connectivity index (χ1n) is 17.2. The predicted molar refractivity (Wildman–Crippen MR) is 184 cm³/mol. The third-order valence-corrected chi connectivity index (χ3v) is 7.49. The molecule has 0 atom stereocenters. The van der Waals surface area contributed by atoms with Crippen LogP contribution in [0.4, 0.5) is 16.2 Å². The lowest BCUT2D eigenvalue weighted by atomic mass is 10.1. The van der Waals surface area contributed by atoms with Gasteiger partial charge in [-0.05, 0) is 82.9 Å². The van der Waals surface area contributed by atoms with Crippen molar-refractivity contribution in [3.8, 4) is 0 Å². The Hall–Kier alpha value is -4.61. The first-order chi connectivity index (χ1) is 23.4. The van der Waals surface area contributed by atoms with Gasteiger partial charge in [0.25, 0.3) is 0 Å². The molecule has 2 aromatic rings. The van der Waals surface area contributed by atoms with Crippen LogP contribution >= 0.6 is 0 Å². The summed E-state index contributed by atoms with van der Waals surface area (Å²) in [5.41, 5.74) is 6.29. The highest BCUT2D eigenvalue weighted by Gasteiger charge is 2.20. The zero-order chi connectivity index (χ0) is 35.6. The van der Waals surface area contributed by atoms with Crippen LogP contribution in [0.1, 0.15) is 139 Å². The van der Waals surface area contributed by atoms with Crippen LogP contribution in [0.15, 0.2) is 36.4 Å². The molecule has 0 radical (unpaired) electrons. The lowest BCUT2D eigenvalue weighted by molar-refractivity contribution is 0.0474. The fourth-order valence-electron chi connectivity index (χ4n) is 5.06. The fraction of sp³-hybridized carbons (Fsp3) is 0.541. The number of amides is 1. The van der Waals surface area contributed by atoms with Gasteiger partial charge < -0.3 is 29.4 Å². The van der Waals surface area contributed by atoms with Crippen molar-refractivity contribution >= 4 is 41.3 Å². The minimum absolute atomic E-state index is 0.106. The number of nitrogens with two attached hydrogens (primary N) is 1. The molecule has 49 heavy (non-hydrogen) atoms. The van der Waals surface area contributed by atoms with Crippen LogP contribution in [0.3, 0.4) is 0 Å². The van der Waals surface area contributed by atoms with E-state index in [0.717, 1.165) is 51.4 Å². The highest BCUT2D eigenvalue weighted by molar-refractivity contribution is 5.99. The minimum Gasteiger partial charge on any atom is -0.462 e. The molecule has 12 nitrogen and oxygen atoms in total. The molecule has 1 aliphatic rings. The summed E-state index contributed by atoms with van der Waals surface area (Å²) in [7, 11) is 0. The fourth-order valence-corrected chi connectivity index (χ4v) is 5.06. The second-order valence-corrected chi connectivity index (χ2v) is 13.1. The molecule has 0 fully saturated rings. The number of cyclic esters (lactones) is 4. The van der Waals surface area contributed by atoms with E-state index in [1.807, 2.05) is 0 Å². The molecule has 0 saturated carbocycles. The van der Waals surface area contributed by atoms with Gasteiger partial charge in [0, 0.05) is 11.4 Å². The molecular formula is C37H50N2O10. The third kappa shape index (κ3) is 15.0. The first-order valence-corrected chi connectivity index (χ1v) is 17.2. The molecule has 268 valence electrons. The summed E-state index contributed by atoms with van der Waals surface area (Å²) < 4.78 is 27.0. The van der Waals surface area contributed by atoms with E-state index in [-0.39, 0.29) is 60.1 Å². The monoisotopic (exact) mass is 682 g/mol. The molecule has 12 heteroatoms. The number of rotatable bonds is 1. The average Bonchev–Trinajstić information content (AvgIpc) is 3.04. The maximum Gasteiger partial charge on any atom is 0.412 e. The number of ether oxygens (including phenoxy) is 5. The summed E-state index contributed by atoms with van der Waals surface area (Å²) >= 11 is 0. The van der Waals surface area contributed by atoms with E-state index in [2.05, 4.69) is 5.32 Å². The van der Waals surface area contributed by atoms with Gasteiger partial charge in [0.15, 0.2) is 0 Å². The SMILES string of the molecule is CC(C)(C)OC(=O)Nc1cc2cc(c1)C(=O)OCCCCCCCCOC(=O)c1cc(N)cc(c1)C(=O)OCCCCCCCCOC2=O. The van der Waals surface area contributed by atoms with Gasteiger partial charge in [0.05, 0.1) is 48.7 Å². The Kier molecular flexibility index (Phi) is 15.9. The van der Waals surface area contributed by atoms with Gasteiger partial charge in [-0.2, -0.15) is 0 Å². The smallest absolute Gasteiger partial charge is 0.412 e. The van der Waals surface area contributed by atoms with E-state index < -0.39 is 35.6 Å². The van der Waals surface area contributed by atoms with Crippen LogP contribution in [-0.2, 0) is 23.7 Å². The summed E-state index contributed by atoms with van der Waals surface area (Å²) in [6, 6.07) is 8.67. The van der Waals surface area contributed by atoms with Gasteiger partial charge in [0.2, 0.25) is 0 Å². The standard InChI is InChI=1S/C37H50N2O10/c1-37(2,3)49-36(44)39-31-24-28-21-29(25-31)35(43)48-19-15-11-7-5-9-13-17-46-33(41)27-20-26(22-30(38)23-27)32(40)45-16-12-8-4-6-10-14-18-47-34(28)42/h20-25H,4-19,38H2,1-3H3,(H,39,44). The van der Waals surface area contributed by atoms with Crippen LogP contribution in [-0.4, -0.2) is 62.0 Å². The molecule has 0 aromatic heterocycles. The number of hydrogen-bond donors (Lipinski definition) is 2. The molecule has 0 unspecified atom stereocenters. The number of carbonyl (C=O) groups is 5. The second-order valence-electron chi connectivity index (χ2n) is 13.1. The summed E-state index contributed by atoms with van der Waals surface area (Å²) in [4.78, 5) is 63.4. The molecule has 4 bridgehead atoms. The van der Waals surface area contributed by atoms with Crippen LogP contribution < -0.4 is 11.1 Å². The molecule has 1 aliphatic heterocycles. The number of benzene rings is 2. The average molecular weight is 683 g/mol. The van der Waals surface area contributed by atoms with Crippen LogP contribution in [0, 0.1) is 0 Å². The zero-order valence-electron chi connectivity index (χ0n) is 28.9. The van der Waals surface area contributed by atoms with Crippen molar-refractivity contribution in [1.82, 2.24) is 0 Å². The van der Waals surface area contributed by atoms with Gasteiger partial charge in [-0.3, -0.25) is 5.32 Å². The Balaban J connectivity index is 1.61. The highest BCUT2D eigenvalue weighted by Crippen LogP contribution is 2.20. The number of anilines is 2. The maximum absolute atomic E-state index is 12.9. The second kappa shape index (κ2) is 20.0. The van der Waals surface area contributed by atoms with Crippen molar-refractivity contribution < 1.29 is 47.7 Å². The Labute approximate surface area is 288 Å². The maximum atomic E-state index is 12.9. The molecule has 0 spiro atoms. The molecule has 1 amide bonds. The number of esters is 4. The number of nitrogen functional groups attached to an aromatic ring is 1. The van der Waals surface area contributed by atoms with Gasteiger partial charge in [-0.25, -0.2) is 24.0 Å². The minimum atomic E-state index is -0.739. The highest BCUT2D eigenvalue weighted by atomic mass is 16.6. The molecule has 2 aromatic carbocycles. The predicted octanol–water partition coefficient (Wildman–Crippen LogP) is 7.64. The molecule has 0 aliphatic carbocycles. The lowest BCUT2D eigenvalue weighted by Crippen LogP contribution is -2.27. The van der Waals surface area contributed by atoms with Crippen molar-refractivity contribution in [1.29, 1.82) is 0 Å². The molecule has 3 rings (SSSR count). The molecule has 1 heterocycles. The molecule has 0 saturated heterocycles. The van der Waals surface area contributed by atoms with E-state index in [1.165, 1.54) is 36.4 Å². The normalized spacial score (nSPS) is 17.4. The summed E-state index contributed by atoms with van der Waals surface area (Å²) in [5, 5.41) is 2.58. The molecule has 3 N–H and O–H groups in total. The van der Waals surface area contributed by atoms with E-state index in [4.69, 9.17) is 29.4 Å². The van der Waals surface area contributed by atoms with Crippen molar-refractivity contribution in [2.45, 2.75) is 103 Å². The van der Waals surface area contributed by atoms with Crippen molar-refractivity contribution in [2.75, 3.05) is 37.5 Å². The van der Waals surface area contributed by atoms with E-state index in [9.17, 15) is 24.0 Å². The topological polar surface area (TPSA) is 170 Å². The Morgan fingerprint density at radius 1 is 0.551 bits per heavy atom. The zero-order valence-corrected chi connectivity index (χ0v) is 28.9. The van der Waals surface area contributed by atoms with Gasteiger partial charge >= 0.3 is 30.0 Å². The van der Waals surface area contributed by atoms with Gasteiger partial charge in [-0.15, -0.1) is 0 Å². The third-order valence-electron chi connectivity index (χ3n) is 7.49. The van der Waals surface area contributed by atoms with Crippen LogP contribution in [0.5, 0.6) is 0 Å². The number of hydrogen-bond acceptors (Lipinski definition) is 11. The quantitative estimate of drug-likeness (QED) is 0.172. The van der Waals surface area contributed by atoms with Crippen molar-refractivity contribution in [2.24, 2.45) is 0 Å². The lowest BCUT2D eigenvalue weighted by Gasteiger charge is -2.20. The largest absolute Gasteiger partial charge is 0.462 e. The van der Waals surface area contributed by atoms with Crippen LogP contribution in [0.25, 0.3) is 0 Å². The van der Waals surface area contributed by atoms with Crippen molar-refractivity contribution in [3.63, 3.8) is 0 Å². The first kappa shape index (κ1) is 38.8. The van der Waals surface area contributed by atoms with Crippen molar-refractivity contribution in [3.05, 3.63) is 58.7 Å². The summed E-state index contributed by atoms with van der Waals surface area (Å²) in [6.07, 6.45) is 8.87. The summed E-state index contributed by atoms with van der Waals surface area (Å²) in [6.45, 7) is 6.05. The Morgan fingerprint density at radius 3 is 1.18 bits per heavy atom. The Bertz CT molecular complexity index is 1350. The van der Waals surface area contributed by atoms with Gasteiger partial charge in [-0.1, -0.05) is 51.4 Å². The summed E-state index contributed by atoms with van der Waals surface area (Å²) in [5.74, 6) is -2.33. The Morgan fingerprint density at radius 2 is 0.857 bits per heavy atom. The van der Waals surface area contributed by atoms with Gasteiger partial charge in [0.1, 0.15) is 5.60 Å². The van der Waals surface area contributed by atoms with Crippen LogP contribution in [0.2, 0.25) is 0 Å². The number of nitrogens with one attached hydrogen (secondary N) is 1. The van der Waals surface area contributed by atoms with E-state index in [1.54, 1.807) is 20.8 Å². The number of fused-ring (bicyclic) bond motifs is 4. The van der Waals surface area contributed by atoms with E-state index in [0.29, 0.717) is 25.7 Å². The molecular weight excluding hydrogens is 632 g/mol.